The van der Waals surface area contributed by atoms with Crippen LogP contribution in [0, 0.1) is 11.8 Å². The van der Waals surface area contributed by atoms with Crippen molar-refractivity contribution < 1.29 is 4.74 Å². The van der Waals surface area contributed by atoms with Gasteiger partial charge in [-0.3, -0.25) is 0 Å². The molecule has 0 bridgehead atoms. The van der Waals surface area contributed by atoms with Crippen LogP contribution in [-0.4, -0.2) is 36.3 Å². The number of nitrogens with zero attached hydrogens (tertiary/aromatic N) is 3. The molecule has 1 aromatic heterocycles. The zero-order valence-electron chi connectivity index (χ0n) is 10.3. The molecular formula is C12H18ClN3O. The van der Waals surface area contributed by atoms with Crippen molar-refractivity contribution in [1.29, 1.82) is 0 Å². The Bertz CT molecular complexity index is 375. The molecule has 1 aliphatic rings. The minimum absolute atomic E-state index is 0.483. The average molecular weight is 256 g/mol. The van der Waals surface area contributed by atoms with Crippen LogP contribution in [0.2, 0.25) is 5.15 Å². The van der Waals surface area contributed by atoms with Crippen LogP contribution < -0.4 is 4.90 Å². The lowest BCUT2D eigenvalue weighted by atomic mass is 9.99. The van der Waals surface area contributed by atoms with Gasteiger partial charge in [0.1, 0.15) is 0 Å². The molecule has 1 aliphatic heterocycles. The molecule has 1 fully saturated rings. The smallest absolute Gasteiger partial charge is 0.171 e. The van der Waals surface area contributed by atoms with Gasteiger partial charge in [0.05, 0.1) is 6.61 Å². The zero-order valence-corrected chi connectivity index (χ0v) is 11.0. The summed E-state index contributed by atoms with van der Waals surface area (Å²) in [6, 6.07) is 0. The van der Waals surface area contributed by atoms with Crippen molar-refractivity contribution in [2.45, 2.75) is 13.8 Å². The van der Waals surface area contributed by atoms with Crippen LogP contribution in [0.3, 0.4) is 0 Å². The molecule has 0 spiro atoms. The van der Waals surface area contributed by atoms with Crippen LogP contribution in [0.5, 0.6) is 0 Å². The zero-order chi connectivity index (χ0) is 12.3. The molecule has 0 amide bonds. The number of rotatable bonds is 4. The van der Waals surface area contributed by atoms with Gasteiger partial charge in [0.25, 0.3) is 0 Å². The van der Waals surface area contributed by atoms with E-state index in [1.165, 1.54) is 0 Å². The Kier molecular flexibility index (Phi) is 4.18. The molecule has 1 saturated heterocycles. The molecule has 0 aliphatic carbocycles. The lowest BCUT2D eigenvalue weighted by Crippen LogP contribution is -2.22. The molecule has 1 aromatic rings. The number of aromatic nitrogens is 2. The van der Waals surface area contributed by atoms with E-state index < -0.39 is 0 Å². The summed E-state index contributed by atoms with van der Waals surface area (Å²) in [7, 11) is 0. The second-order valence-corrected chi connectivity index (χ2v) is 4.83. The Balaban J connectivity index is 2.03. The molecule has 17 heavy (non-hydrogen) atoms. The monoisotopic (exact) mass is 255 g/mol. The summed E-state index contributed by atoms with van der Waals surface area (Å²) in [5.74, 6) is 1.94. The average Bonchev–Trinajstić information content (AvgIpc) is 2.68. The van der Waals surface area contributed by atoms with Crippen LogP contribution in [0.4, 0.5) is 5.82 Å². The Morgan fingerprint density at radius 1 is 1.41 bits per heavy atom. The van der Waals surface area contributed by atoms with Gasteiger partial charge in [-0.1, -0.05) is 18.5 Å². The van der Waals surface area contributed by atoms with Crippen molar-refractivity contribution in [3.63, 3.8) is 0 Å². The van der Waals surface area contributed by atoms with Crippen molar-refractivity contribution in [3.05, 3.63) is 17.5 Å². The van der Waals surface area contributed by atoms with Gasteiger partial charge in [0.2, 0.25) is 0 Å². The Hall–Kier alpha value is -0.870. The topological polar surface area (TPSA) is 38.2 Å². The Labute approximate surface area is 107 Å². The first-order chi connectivity index (χ1) is 8.22. The van der Waals surface area contributed by atoms with E-state index in [0.717, 1.165) is 32.1 Å². The first kappa shape index (κ1) is 12.6. The summed E-state index contributed by atoms with van der Waals surface area (Å²) in [6.07, 6.45) is 3.30. The summed E-state index contributed by atoms with van der Waals surface area (Å²) in [4.78, 5) is 10.6. The number of ether oxygens (including phenoxy) is 1. The van der Waals surface area contributed by atoms with Crippen molar-refractivity contribution >= 4 is 17.4 Å². The van der Waals surface area contributed by atoms with Crippen molar-refractivity contribution in [2.75, 3.05) is 31.2 Å². The van der Waals surface area contributed by atoms with Gasteiger partial charge in [0, 0.05) is 38.0 Å². The van der Waals surface area contributed by atoms with Gasteiger partial charge in [-0.05, 0) is 12.8 Å². The summed E-state index contributed by atoms with van der Waals surface area (Å²) in [5.41, 5.74) is 0. The van der Waals surface area contributed by atoms with E-state index in [2.05, 4.69) is 21.8 Å². The third kappa shape index (κ3) is 2.87. The number of anilines is 1. The highest BCUT2D eigenvalue weighted by Crippen LogP contribution is 2.30. The minimum Gasteiger partial charge on any atom is -0.381 e. The lowest BCUT2D eigenvalue weighted by Gasteiger charge is -2.17. The van der Waals surface area contributed by atoms with Crippen molar-refractivity contribution in [1.82, 2.24) is 9.97 Å². The maximum absolute atomic E-state index is 6.06. The molecule has 94 valence electrons. The van der Waals surface area contributed by atoms with E-state index in [1.807, 2.05) is 6.92 Å². The van der Waals surface area contributed by atoms with Crippen molar-refractivity contribution in [2.24, 2.45) is 11.8 Å². The summed E-state index contributed by atoms with van der Waals surface area (Å²) in [5, 5.41) is 0.483. The highest BCUT2D eigenvalue weighted by atomic mass is 35.5. The van der Waals surface area contributed by atoms with E-state index in [-0.39, 0.29) is 0 Å². The van der Waals surface area contributed by atoms with Gasteiger partial charge >= 0.3 is 0 Å². The van der Waals surface area contributed by atoms with Crippen LogP contribution in [0.1, 0.15) is 13.8 Å². The first-order valence-corrected chi connectivity index (χ1v) is 6.39. The first-order valence-electron chi connectivity index (χ1n) is 6.01. The predicted molar refractivity (Wildman–Crippen MR) is 68.4 cm³/mol. The summed E-state index contributed by atoms with van der Waals surface area (Å²) in [6.45, 7) is 7.77. The predicted octanol–water partition coefficient (Wildman–Crippen LogP) is 2.24. The highest BCUT2D eigenvalue weighted by Gasteiger charge is 2.31. The molecule has 0 unspecified atom stereocenters. The highest BCUT2D eigenvalue weighted by molar-refractivity contribution is 6.31. The number of hydrogen-bond acceptors (Lipinski definition) is 4. The van der Waals surface area contributed by atoms with E-state index in [4.69, 9.17) is 16.3 Å². The fourth-order valence-corrected chi connectivity index (χ4v) is 2.44. The third-order valence-corrected chi connectivity index (χ3v) is 3.51. The standard InChI is InChI=1S/C12H18ClN3O/c1-3-17-8-10-7-16(6-9(10)2)12-11(13)14-4-5-15-12/h4-5,9-10H,3,6-8H2,1-2H3/t9-,10+/m0/s1. The van der Waals surface area contributed by atoms with Gasteiger partial charge in [0.15, 0.2) is 11.0 Å². The van der Waals surface area contributed by atoms with E-state index in [0.29, 0.717) is 17.0 Å². The van der Waals surface area contributed by atoms with Gasteiger partial charge in [-0.2, -0.15) is 0 Å². The normalized spacial score (nSPS) is 24.3. The molecule has 0 saturated carbocycles. The molecule has 2 rings (SSSR count). The molecule has 5 heteroatoms. The molecule has 2 atom stereocenters. The second kappa shape index (κ2) is 5.65. The van der Waals surface area contributed by atoms with Crippen LogP contribution in [0.15, 0.2) is 12.4 Å². The number of halogens is 1. The van der Waals surface area contributed by atoms with E-state index in [9.17, 15) is 0 Å². The fraction of sp³-hybridized carbons (Fsp3) is 0.667. The van der Waals surface area contributed by atoms with Gasteiger partial charge < -0.3 is 9.64 Å². The Morgan fingerprint density at radius 2 is 2.18 bits per heavy atom. The minimum atomic E-state index is 0.483. The molecule has 0 aromatic carbocycles. The largest absolute Gasteiger partial charge is 0.381 e. The fourth-order valence-electron chi connectivity index (χ4n) is 2.22. The summed E-state index contributed by atoms with van der Waals surface area (Å²) < 4.78 is 5.51. The number of hydrogen-bond donors (Lipinski definition) is 0. The van der Waals surface area contributed by atoms with Crippen LogP contribution in [-0.2, 0) is 4.74 Å². The molecule has 2 heterocycles. The maximum Gasteiger partial charge on any atom is 0.171 e. The molecular weight excluding hydrogens is 238 g/mol. The quantitative estimate of drug-likeness (QED) is 0.827. The van der Waals surface area contributed by atoms with Gasteiger partial charge in [-0.25, -0.2) is 9.97 Å². The Morgan fingerprint density at radius 3 is 2.88 bits per heavy atom. The third-order valence-electron chi connectivity index (χ3n) is 3.24. The van der Waals surface area contributed by atoms with Gasteiger partial charge in [-0.15, -0.1) is 0 Å². The van der Waals surface area contributed by atoms with Crippen molar-refractivity contribution in [3.8, 4) is 0 Å². The lowest BCUT2D eigenvalue weighted by molar-refractivity contribution is 0.104. The van der Waals surface area contributed by atoms with Crippen LogP contribution >= 0.6 is 11.6 Å². The summed E-state index contributed by atoms with van der Waals surface area (Å²) >= 11 is 6.06. The van der Waals surface area contributed by atoms with Crippen LogP contribution in [0.25, 0.3) is 0 Å². The molecule has 4 nitrogen and oxygen atoms in total. The van der Waals surface area contributed by atoms with E-state index in [1.54, 1.807) is 12.4 Å². The SMILES string of the molecule is CCOC[C@H]1CN(c2nccnc2Cl)C[C@@H]1C. The molecule has 0 N–H and O–H groups in total. The second-order valence-electron chi connectivity index (χ2n) is 4.47. The molecule has 0 radical (unpaired) electrons. The maximum atomic E-state index is 6.06. The van der Waals surface area contributed by atoms with E-state index >= 15 is 0 Å².